The summed E-state index contributed by atoms with van der Waals surface area (Å²) >= 11 is 0. The van der Waals surface area contributed by atoms with Crippen molar-refractivity contribution in [2.24, 2.45) is 5.92 Å². The van der Waals surface area contributed by atoms with E-state index in [4.69, 9.17) is 0 Å². The highest BCUT2D eigenvalue weighted by Gasteiger charge is 2.36. The topological polar surface area (TPSA) is 18.5 Å². The maximum Gasteiger partial charge on any atom is 0.0517 e. The van der Waals surface area contributed by atoms with E-state index >= 15 is 0 Å². The van der Waals surface area contributed by atoms with E-state index in [9.17, 15) is 0 Å². The van der Waals surface area contributed by atoms with Crippen LogP contribution in [0.1, 0.15) is 46.0 Å². The van der Waals surface area contributed by atoms with Crippen LogP contribution >= 0.6 is 0 Å². The van der Waals surface area contributed by atoms with Crippen LogP contribution in [0.25, 0.3) is 0 Å². The molecule has 24 heavy (non-hydrogen) atoms. The maximum atomic E-state index is 4.52. The summed E-state index contributed by atoms with van der Waals surface area (Å²) in [7, 11) is 2.26. The van der Waals surface area contributed by atoms with Gasteiger partial charge in [0.15, 0.2) is 0 Å². The van der Waals surface area contributed by atoms with Gasteiger partial charge >= 0.3 is 0 Å². The van der Waals surface area contributed by atoms with Gasteiger partial charge in [0.25, 0.3) is 0 Å². The largest absolute Gasteiger partial charge is 0.374 e. The van der Waals surface area contributed by atoms with Crippen LogP contribution in [0.4, 0.5) is 0 Å². The highest BCUT2D eigenvalue weighted by atomic mass is 15.2. The van der Waals surface area contributed by atoms with E-state index in [0.717, 1.165) is 32.6 Å². The average Bonchev–Trinajstić information content (AvgIpc) is 3.18. The minimum absolute atomic E-state index is 0.0568. The Bertz CT molecular complexity index is 456. The Hall–Kier alpha value is -1.06. The molecule has 3 unspecified atom stereocenters. The quantitative estimate of drug-likeness (QED) is 0.648. The lowest BCUT2D eigenvalue weighted by molar-refractivity contribution is 0.150. The zero-order chi connectivity index (χ0) is 17.7. The summed E-state index contributed by atoms with van der Waals surface area (Å²) in [6, 6.07) is 0.360. The summed E-state index contributed by atoms with van der Waals surface area (Å²) in [5.41, 5.74) is 2.61. The molecule has 3 atom stereocenters. The van der Waals surface area contributed by atoms with E-state index in [-0.39, 0.29) is 5.54 Å². The number of nitrogens with zero attached hydrogens (tertiary/aromatic N) is 2. The number of likely N-dealkylation sites (tertiary alicyclic amines) is 1. The minimum Gasteiger partial charge on any atom is -0.374 e. The molecule has 3 nitrogen and oxygen atoms in total. The molecule has 0 bridgehead atoms. The fourth-order valence-electron chi connectivity index (χ4n) is 4.62. The predicted molar refractivity (Wildman–Crippen MR) is 105 cm³/mol. The first-order chi connectivity index (χ1) is 11.4. The standard InChI is InChI=1S/C21H37N3/c1-7-21(11-10-12-22-21)16-23(6)20(18(4)15-17(2)3)19(5)24-13-8-9-14-24/h7,18,20,22H,1-2,5,8-16H2,3-4,6H3. The summed E-state index contributed by atoms with van der Waals surface area (Å²) in [5, 5.41) is 3.67. The van der Waals surface area contributed by atoms with E-state index in [1.807, 2.05) is 0 Å². The van der Waals surface area contributed by atoms with Crippen molar-refractivity contribution in [2.75, 3.05) is 33.2 Å². The van der Waals surface area contributed by atoms with Gasteiger partial charge in [0.05, 0.1) is 6.04 Å². The van der Waals surface area contributed by atoms with Crippen molar-refractivity contribution in [3.8, 4) is 0 Å². The molecule has 2 saturated heterocycles. The molecule has 2 heterocycles. The molecule has 0 aliphatic carbocycles. The lowest BCUT2D eigenvalue weighted by atomic mass is 9.89. The molecule has 136 valence electrons. The fourth-order valence-corrected chi connectivity index (χ4v) is 4.62. The third-order valence-electron chi connectivity index (χ3n) is 5.74. The number of nitrogens with one attached hydrogen (secondary N) is 1. The van der Waals surface area contributed by atoms with Crippen molar-refractivity contribution in [1.29, 1.82) is 0 Å². The molecule has 0 saturated carbocycles. The smallest absolute Gasteiger partial charge is 0.0517 e. The third kappa shape index (κ3) is 4.52. The molecule has 0 amide bonds. The summed E-state index contributed by atoms with van der Waals surface area (Å²) in [6.07, 6.45) is 8.18. The Morgan fingerprint density at radius 3 is 2.46 bits per heavy atom. The molecule has 0 aromatic rings. The van der Waals surface area contributed by atoms with Crippen LogP contribution in [0.2, 0.25) is 0 Å². The molecule has 0 aromatic heterocycles. The van der Waals surface area contributed by atoms with Crippen molar-refractivity contribution in [3.05, 3.63) is 37.1 Å². The summed E-state index contributed by atoms with van der Waals surface area (Å²) in [5.74, 6) is 0.517. The predicted octanol–water partition coefficient (Wildman–Crippen LogP) is 3.81. The van der Waals surface area contributed by atoms with E-state index in [1.54, 1.807) is 0 Å². The van der Waals surface area contributed by atoms with Crippen molar-refractivity contribution in [1.82, 2.24) is 15.1 Å². The van der Waals surface area contributed by atoms with Crippen LogP contribution in [0.3, 0.4) is 0 Å². The third-order valence-corrected chi connectivity index (χ3v) is 5.74. The molecule has 2 fully saturated rings. The minimum atomic E-state index is 0.0568. The van der Waals surface area contributed by atoms with Gasteiger partial charge in [-0.15, -0.1) is 13.2 Å². The van der Waals surface area contributed by atoms with Crippen LogP contribution in [0.15, 0.2) is 37.1 Å². The van der Waals surface area contributed by atoms with Crippen LogP contribution in [-0.2, 0) is 0 Å². The van der Waals surface area contributed by atoms with Gasteiger partial charge in [0, 0.05) is 30.9 Å². The Balaban J connectivity index is 2.14. The van der Waals surface area contributed by atoms with Gasteiger partial charge in [-0.3, -0.25) is 4.90 Å². The first-order valence-corrected chi connectivity index (χ1v) is 9.55. The first kappa shape index (κ1) is 19.3. The highest BCUT2D eigenvalue weighted by molar-refractivity contribution is 5.14. The normalized spacial score (nSPS) is 26.6. The number of likely N-dealkylation sites (N-methyl/N-ethyl adjacent to an activating group) is 1. The number of allylic oxidation sites excluding steroid dienone is 1. The Morgan fingerprint density at radius 1 is 1.29 bits per heavy atom. The second kappa shape index (κ2) is 8.35. The van der Waals surface area contributed by atoms with Gasteiger partial charge in [-0.2, -0.15) is 0 Å². The molecule has 0 radical (unpaired) electrons. The molecular weight excluding hydrogens is 294 g/mol. The summed E-state index contributed by atoms with van der Waals surface area (Å²) < 4.78 is 0. The number of hydrogen-bond donors (Lipinski definition) is 1. The molecule has 0 spiro atoms. The lowest BCUT2D eigenvalue weighted by Crippen LogP contribution is -2.53. The second-order valence-electron chi connectivity index (χ2n) is 8.07. The Morgan fingerprint density at radius 2 is 1.96 bits per heavy atom. The first-order valence-electron chi connectivity index (χ1n) is 9.55. The van der Waals surface area contributed by atoms with Gasteiger partial charge in [-0.25, -0.2) is 0 Å². The van der Waals surface area contributed by atoms with Gasteiger partial charge in [0.2, 0.25) is 0 Å². The van der Waals surface area contributed by atoms with Gasteiger partial charge in [-0.1, -0.05) is 25.2 Å². The van der Waals surface area contributed by atoms with E-state index in [1.165, 1.54) is 37.0 Å². The van der Waals surface area contributed by atoms with Crippen molar-refractivity contribution >= 4 is 0 Å². The molecule has 2 aliphatic heterocycles. The molecule has 3 heteroatoms. The van der Waals surface area contributed by atoms with Crippen LogP contribution < -0.4 is 5.32 Å². The monoisotopic (exact) mass is 331 g/mol. The molecule has 2 rings (SSSR count). The molecular formula is C21H37N3. The van der Waals surface area contributed by atoms with Gasteiger partial charge < -0.3 is 10.2 Å². The van der Waals surface area contributed by atoms with E-state index in [2.05, 4.69) is 61.8 Å². The van der Waals surface area contributed by atoms with Gasteiger partial charge in [0.1, 0.15) is 0 Å². The van der Waals surface area contributed by atoms with Crippen molar-refractivity contribution < 1.29 is 0 Å². The van der Waals surface area contributed by atoms with Crippen LogP contribution in [-0.4, -0.2) is 54.6 Å². The van der Waals surface area contributed by atoms with Gasteiger partial charge in [-0.05, 0) is 58.5 Å². The highest BCUT2D eigenvalue weighted by Crippen LogP contribution is 2.30. The van der Waals surface area contributed by atoms with Crippen LogP contribution in [0.5, 0.6) is 0 Å². The fraction of sp³-hybridized carbons (Fsp3) is 0.714. The number of rotatable bonds is 9. The zero-order valence-corrected chi connectivity index (χ0v) is 16.1. The Kier molecular flexibility index (Phi) is 6.70. The summed E-state index contributed by atoms with van der Waals surface area (Å²) in [4.78, 5) is 5.01. The SMILES string of the molecule is C=CC1(CN(C)C(C(=C)N2CCCC2)C(C)CC(=C)C)CCCN1. The van der Waals surface area contributed by atoms with E-state index in [0.29, 0.717) is 12.0 Å². The molecule has 0 aromatic carbocycles. The van der Waals surface area contributed by atoms with E-state index < -0.39 is 0 Å². The lowest BCUT2D eigenvalue weighted by Gasteiger charge is -2.42. The maximum absolute atomic E-state index is 4.52. The average molecular weight is 332 g/mol. The molecule has 2 aliphatic rings. The van der Waals surface area contributed by atoms with Crippen molar-refractivity contribution in [3.63, 3.8) is 0 Å². The van der Waals surface area contributed by atoms with Crippen molar-refractivity contribution in [2.45, 2.75) is 57.5 Å². The Labute approximate surface area is 149 Å². The van der Waals surface area contributed by atoms with Crippen LogP contribution in [0, 0.1) is 5.92 Å². The second-order valence-corrected chi connectivity index (χ2v) is 8.07. The zero-order valence-electron chi connectivity index (χ0n) is 16.1. The number of hydrogen-bond acceptors (Lipinski definition) is 3. The summed E-state index contributed by atoms with van der Waals surface area (Å²) in [6.45, 7) is 21.7. The molecule has 1 N–H and O–H groups in total.